The standard InChI is InChI=1S/C19H28N2O3/c1-3-23-17-9-6-15(14-18(17)24-4-2)19(22)21-11-5-10-20(12-13-21)16-7-8-16/h6,9,14,16H,3-5,7-8,10-13H2,1-2H3. The van der Waals surface area contributed by atoms with Crippen molar-refractivity contribution in [3.63, 3.8) is 0 Å². The van der Waals surface area contributed by atoms with Gasteiger partial charge in [-0.05, 0) is 51.3 Å². The molecule has 1 aliphatic heterocycles. The van der Waals surface area contributed by atoms with E-state index in [9.17, 15) is 4.79 Å². The average Bonchev–Trinajstić information content (AvgIpc) is 3.42. The van der Waals surface area contributed by atoms with Crippen LogP contribution in [0.25, 0.3) is 0 Å². The molecule has 5 nitrogen and oxygen atoms in total. The van der Waals surface area contributed by atoms with Gasteiger partial charge in [0.15, 0.2) is 11.5 Å². The topological polar surface area (TPSA) is 42.0 Å². The van der Waals surface area contributed by atoms with Gasteiger partial charge in [-0.1, -0.05) is 0 Å². The van der Waals surface area contributed by atoms with E-state index in [1.807, 2.05) is 36.9 Å². The molecule has 2 aliphatic rings. The molecule has 2 fully saturated rings. The van der Waals surface area contributed by atoms with Crippen molar-refractivity contribution in [2.45, 2.75) is 39.2 Å². The normalized spacial score (nSPS) is 19.0. The van der Waals surface area contributed by atoms with E-state index in [0.717, 1.165) is 38.6 Å². The van der Waals surface area contributed by atoms with Crippen LogP contribution in [0.3, 0.4) is 0 Å². The second-order valence-electron chi connectivity index (χ2n) is 6.44. The first-order valence-electron chi connectivity index (χ1n) is 9.16. The molecule has 1 aliphatic carbocycles. The number of ether oxygens (including phenoxy) is 2. The van der Waals surface area contributed by atoms with Gasteiger partial charge >= 0.3 is 0 Å². The molecule has 24 heavy (non-hydrogen) atoms. The molecule has 3 rings (SSSR count). The highest BCUT2D eigenvalue weighted by atomic mass is 16.5. The summed E-state index contributed by atoms with van der Waals surface area (Å²) in [6.07, 6.45) is 3.70. The van der Waals surface area contributed by atoms with E-state index in [2.05, 4.69) is 4.90 Å². The van der Waals surface area contributed by atoms with Crippen LogP contribution in [-0.4, -0.2) is 61.1 Å². The molecule has 1 saturated heterocycles. The molecule has 0 N–H and O–H groups in total. The Balaban J connectivity index is 1.70. The van der Waals surface area contributed by atoms with E-state index in [-0.39, 0.29) is 5.91 Å². The van der Waals surface area contributed by atoms with Gasteiger partial charge in [0, 0.05) is 37.8 Å². The summed E-state index contributed by atoms with van der Waals surface area (Å²) in [7, 11) is 0. The third-order valence-electron chi connectivity index (χ3n) is 4.67. The molecule has 0 radical (unpaired) electrons. The second-order valence-corrected chi connectivity index (χ2v) is 6.44. The Labute approximate surface area is 144 Å². The number of carbonyl (C=O) groups is 1. The number of hydrogen-bond donors (Lipinski definition) is 0. The zero-order chi connectivity index (χ0) is 16.9. The van der Waals surface area contributed by atoms with Crippen LogP contribution in [0.5, 0.6) is 11.5 Å². The van der Waals surface area contributed by atoms with E-state index >= 15 is 0 Å². The largest absolute Gasteiger partial charge is 0.490 e. The molecule has 0 bridgehead atoms. The highest BCUT2D eigenvalue weighted by Crippen LogP contribution is 2.30. The molecule has 0 unspecified atom stereocenters. The Morgan fingerprint density at radius 1 is 1.04 bits per heavy atom. The highest BCUT2D eigenvalue weighted by molar-refractivity contribution is 5.95. The Hall–Kier alpha value is -1.75. The van der Waals surface area contributed by atoms with Crippen molar-refractivity contribution in [1.29, 1.82) is 0 Å². The molecule has 0 atom stereocenters. The Kier molecular flexibility index (Phi) is 5.61. The fourth-order valence-electron chi connectivity index (χ4n) is 3.31. The molecule has 5 heteroatoms. The number of hydrogen-bond acceptors (Lipinski definition) is 4. The first-order valence-corrected chi connectivity index (χ1v) is 9.16. The summed E-state index contributed by atoms with van der Waals surface area (Å²) >= 11 is 0. The first-order chi connectivity index (χ1) is 11.7. The van der Waals surface area contributed by atoms with E-state index in [1.165, 1.54) is 12.8 Å². The zero-order valence-electron chi connectivity index (χ0n) is 14.8. The molecular formula is C19H28N2O3. The summed E-state index contributed by atoms with van der Waals surface area (Å²) in [5.41, 5.74) is 0.682. The van der Waals surface area contributed by atoms with Gasteiger partial charge in [0.05, 0.1) is 13.2 Å². The van der Waals surface area contributed by atoms with Crippen LogP contribution in [0.15, 0.2) is 18.2 Å². The summed E-state index contributed by atoms with van der Waals surface area (Å²) in [5, 5.41) is 0. The van der Waals surface area contributed by atoms with Gasteiger partial charge in [-0.2, -0.15) is 0 Å². The van der Waals surface area contributed by atoms with Gasteiger partial charge in [0.2, 0.25) is 0 Å². The van der Waals surface area contributed by atoms with Crippen LogP contribution in [0, 0.1) is 0 Å². The van der Waals surface area contributed by atoms with Crippen LogP contribution >= 0.6 is 0 Å². The molecule has 1 aromatic carbocycles. The lowest BCUT2D eigenvalue weighted by Crippen LogP contribution is -2.35. The van der Waals surface area contributed by atoms with Crippen molar-refractivity contribution in [3.8, 4) is 11.5 Å². The number of amides is 1. The summed E-state index contributed by atoms with van der Waals surface area (Å²) in [4.78, 5) is 17.4. The van der Waals surface area contributed by atoms with Crippen molar-refractivity contribution in [1.82, 2.24) is 9.80 Å². The van der Waals surface area contributed by atoms with Crippen molar-refractivity contribution in [2.75, 3.05) is 39.4 Å². The predicted octanol–water partition coefficient (Wildman–Crippen LogP) is 2.79. The van der Waals surface area contributed by atoms with Crippen LogP contribution in [0.1, 0.15) is 43.5 Å². The van der Waals surface area contributed by atoms with Crippen LogP contribution < -0.4 is 9.47 Å². The minimum absolute atomic E-state index is 0.0941. The Morgan fingerprint density at radius 2 is 1.79 bits per heavy atom. The summed E-state index contributed by atoms with van der Waals surface area (Å²) < 4.78 is 11.2. The fraction of sp³-hybridized carbons (Fsp3) is 0.632. The lowest BCUT2D eigenvalue weighted by molar-refractivity contribution is 0.0760. The summed E-state index contributed by atoms with van der Waals surface area (Å²) in [5.74, 6) is 1.45. The maximum absolute atomic E-state index is 12.9. The van der Waals surface area contributed by atoms with Crippen molar-refractivity contribution in [3.05, 3.63) is 23.8 Å². The quantitative estimate of drug-likeness (QED) is 0.803. The number of rotatable bonds is 6. The Morgan fingerprint density at radius 3 is 2.50 bits per heavy atom. The third-order valence-corrected chi connectivity index (χ3v) is 4.67. The second kappa shape index (κ2) is 7.88. The van der Waals surface area contributed by atoms with Gasteiger partial charge in [-0.15, -0.1) is 0 Å². The van der Waals surface area contributed by atoms with Crippen molar-refractivity contribution < 1.29 is 14.3 Å². The monoisotopic (exact) mass is 332 g/mol. The maximum atomic E-state index is 12.9. The van der Waals surface area contributed by atoms with Crippen LogP contribution in [-0.2, 0) is 0 Å². The maximum Gasteiger partial charge on any atom is 0.254 e. The summed E-state index contributed by atoms with van der Waals surface area (Å²) in [6.45, 7) is 8.76. The molecule has 0 spiro atoms. The zero-order valence-corrected chi connectivity index (χ0v) is 14.8. The molecule has 1 aromatic rings. The van der Waals surface area contributed by atoms with E-state index in [1.54, 1.807) is 0 Å². The van der Waals surface area contributed by atoms with E-state index in [0.29, 0.717) is 30.3 Å². The number of benzene rings is 1. The third kappa shape index (κ3) is 4.01. The molecule has 132 valence electrons. The van der Waals surface area contributed by atoms with Gasteiger partial charge in [-0.3, -0.25) is 9.69 Å². The number of carbonyl (C=O) groups excluding carboxylic acids is 1. The molecule has 1 heterocycles. The number of nitrogens with zero attached hydrogens (tertiary/aromatic N) is 2. The SMILES string of the molecule is CCOc1ccc(C(=O)N2CCCN(C3CC3)CC2)cc1OCC. The minimum atomic E-state index is 0.0941. The van der Waals surface area contributed by atoms with Crippen molar-refractivity contribution >= 4 is 5.91 Å². The molecule has 1 amide bonds. The molecule has 0 aromatic heterocycles. The van der Waals surface area contributed by atoms with Gasteiger partial charge < -0.3 is 14.4 Å². The average molecular weight is 332 g/mol. The smallest absolute Gasteiger partial charge is 0.254 e. The van der Waals surface area contributed by atoms with E-state index in [4.69, 9.17) is 9.47 Å². The van der Waals surface area contributed by atoms with Gasteiger partial charge in [-0.25, -0.2) is 0 Å². The fourth-order valence-corrected chi connectivity index (χ4v) is 3.31. The minimum Gasteiger partial charge on any atom is -0.490 e. The van der Waals surface area contributed by atoms with Crippen LogP contribution in [0.4, 0.5) is 0 Å². The molecular weight excluding hydrogens is 304 g/mol. The van der Waals surface area contributed by atoms with E-state index < -0.39 is 0 Å². The van der Waals surface area contributed by atoms with Crippen LogP contribution in [0.2, 0.25) is 0 Å². The van der Waals surface area contributed by atoms with Gasteiger partial charge in [0.25, 0.3) is 5.91 Å². The summed E-state index contributed by atoms with van der Waals surface area (Å²) in [6, 6.07) is 6.28. The molecule has 1 saturated carbocycles. The predicted molar refractivity (Wildman–Crippen MR) is 93.9 cm³/mol. The Bertz CT molecular complexity index is 572. The first kappa shape index (κ1) is 17.1. The highest BCUT2D eigenvalue weighted by Gasteiger charge is 2.31. The lowest BCUT2D eigenvalue weighted by atomic mass is 10.1. The van der Waals surface area contributed by atoms with Gasteiger partial charge in [0.1, 0.15) is 0 Å². The lowest BCUT2D eigenvalue weighted by Gasteiger charge is -2.22. The van der Waals surface area contributed by atoms with Crippen molar-refractivity contribution in [2.24, 2.45) is 0 Å².